The fourth-order valence-electron chi connectivity index (χ4n) is 1.77. The maximum Gasteiger partial charge on any atom is 0.221 e. The van der Waals surface area contributed by atoms with Gasteiger partial charge in [0.25, 0.3) is 0 Å². The van der Waals surface area contributed by atoms with Crippen LogP contribution in [0, 0.1) is 0 Å². The lowest BCUT2D eigenvalue weighted by Crippen LogP contribution is -2.23. The molecule has 0 aliphatic heterocycles. The molecule has 0 unspecified atom stereocenters. The number of fused-ring (bicyclic) bond motifs is 1. The summed E-state index contributed by atoms with van der Waals surface area (Å²) in [5.41, 5.74) is 0.848. The number of hydrogen-bond donors (Lipinski definition) is 1. The van der Waals surface area contributed by atoms with E-state index in [9.17, 15) is 0 Å². The van der Waals surface area contributed by atoms with E-state index in [2.05, 4.69) is 10.3 Å². The Morgan fingerprint density at radius 2 is 1.88 bits per heavy atom. The molecule has 0 aliphatic rings. The number of ether oxygens (including phenoxy) is 1. The third kappa shape index (κ3) is 2.49. The van der Waals surface area contributed by atoms with Crippen LogP contribution in [-0.2, 0) is 0 Å². The van der Waals surface area contributed by atoms with E-state index in [1.165, 1.54) is 0 Å². The first kappa shape index (κ1) is 11.7. The summed E-state index contributed by atoms with van der Waals surface area (Å²) in [4.78, 5) is 4.32. The fourth-order valence-corrected chi connectivity index (χ4v) is 1.77. The molecule has 2 aromatic rings. The van der Waals surface area contributed by atoms with Crippen LogP contribution in [0.25, 0.3) is 10.8 Å². The molecule has 3 heteroatoms. The summed E-state index contributed by atoms with van der Waals surface area (Å²) in [6, 6.07) is 8.08. The molecular weight excluding hydrogens is 212 g/mol. The molecule has 0 atom stereocenters. The van der Waals surface area contributed by atoms with Gasteiger partial charge in [0.2, 0.25) is 5.88 Å². The lowest BCUT2D eigenvalue weighted by molar-refractivity contribution is 0.126. The highest BCUT2D eigenvalue weighted by Gasteiger charge is 2.15. The Balaban J connectivity index is 2.58. The van der Waals surface area contributed by atoms with Crippen molar-refractivity contribution in [3.8, 4) is 5.88 Å². The minimum absolute atomic E-state index is 0.239. The van der Waals surface area contributed by atoms with Gasteiger partial charge in [-0.25, -0.2) is 4.98 Å². The van der Waals surface area contributed by atoms with Crippen LogP contribution in [0.3, 0.4) is 0 Å². The molecule has 90 valence electrons. The van der Waals surface area contributed by atoms with E-state index in [0.717, 1.165) is 16.5 Å². The van der Waals surface area contributed by atoms with Gasteiger partial charge in [-0.05, 0) is 39.0 Å². The predicted octanol–water partition coefficient (Wildman–Crippen LogP) is 3.45. The highest BCUT2D eigenvalue weighted by Crippen LogP contribution is 2.30. The zero-order chi connectivity index (χ0) is 12.5. The van der Waals surface area contributed by atoms with Crippen molar-refractivity contribution in [1.29, 1.82) is 0 Å². The quantitative estimate of drug-likeness (QED) is 0.858. The minimum atomic E-state index is -0.239. The van der Waals surface area contributed by atoms with Crippen molar-refractivity contribution >= 4 is 16.5 Å². The van der Waals surface area contributed by atoms with Crippen molar-refractivity contribution in [3.63, 3.8) is 0 Å². The maximum atomic E-state index is 5.88. The van der Waals surface area contributed by atoms with E-state index >= 15 is 0 Å². The van der Waals surface area contributed by atoms with Crippen LogP contribution < -0.4 is 10.1 Å². The van der Waals surface area contributed by atoms with Gasteiger partial charge in [-0.15, -0.1) is 0 Å². The van der Waals surface area contributed by atoms with Gasteiger partial charge in [0.05, 0.1) is 0 Å². The first-order chi connectivity index (χ1) is 8.01. The lowest BCUT2D eigenvalue weighted by Gasteiger charge is -2.21. The zero-order valence-corrected chi connectivity index (χ0v) is 10.7. The predicted molar refractivity (Wildman–Crippen MR) is 71.7 cm³/mol. The van der Waals surface area contributed by atoms with Gasteiger partial charge >= 0.3 is 0 Å². The van der Waals surface area contributed by atoms with Crippen LogP contribution in [0.4, 0.5) is 5.69 Å². The molecular formula is C14H18N2O. The van der Waals surface area contributed by atoms with E-state index in [-0.39, 0.29) is 5.60 Å². The van der Waals surface area contributed by atoms with Crippen molar-refractivity contribution in [2.24, 2.45) is 0 Å². The first-order valence-corrected chi connectivity index (χ1v) is 5.76. The summed E-state index contributed by atoms with van der Waals surface area (Å²) >= 11 is 0. The van der Waals surface area contributed by atoms with Crippen molar-refractivity contribution in [2.75, 3.05) is 12.4 Å². The average Bonchev–Trinajstić information content (AvgIpc) is 2.27. The fraction of sp³-hybridized carbons (Fsp3) is 0.357. The number of hydrogen-bond acceptors (Lipinski definition) is 3. The van der Waals surface area contributed by atoms with Crippen LogP contribution in [0.15, 0.2) is 30.5 Å². The third-order valence-corrected chi connectivity index (χ3v) is 2.44. The molecule has 0 aliphatic carbocycles. The molecule has 0 amide bonds. The molecule has 0 fully saturated rings. The first-order valence-electron chi connectivity index (χ1n) is 5.76. The highest BCUT2D eigenvalue weighted by molar-refractivity contribution is 5.96. The van der Waals surface area contributed by atoms with E-state index in [4.69, 9.17) is 4.74 Å². The lowest BCUT2D eigenvalue weighted by atomic mass is 10.1. The molecule has 0 saturated heterocycles. The normalized spacial score (nSPS) is 11.5. The molecule has 3 nitrogen and oxygen atoms in total. The standard InChI is InChI=1S/C14H18N2O/c1-14(2,3)17-13-11-6-5-7-12(15-4)10(11)8-9-16-13/h5-9,15H,1-4H3. The van der Waals surface area contributed by atoms with Crippen molar-refractivity contribution in [1.82, 2.24) is 4.98 Å². The molecule has 0 spiro atoms. The van der Waals surface area contributed by atoms with Crippen LogP contribution in [0.5, 0.6) is 5.88 Å². The SMILES string of the molecule is CNc1cccc2c(OC(C)(C)C)nccc12. The summed E-state index contributed by atoms with van der Waals surface area (Å²) in [6.45, 7) is 6.07. The smallest absolute Gasteiger partial charge is 0.221 e. The van der Waals surface area contributed by atoms with E-state index in [1.54, 1.807) is 6.20 Å². The maximum absolute atomic E-state index is 5.88. The van der Waals surface area contributed by atoms with Crippen LogP contribution >= 0.6 is 0 Å². The summed E-state index contributed by atoms with van der Waals surface area (Å²) in [7, 11) is 1.92. The minimum Gasteiger partial charge on any atom is -0.471 e. The van der Waals surface area contributed by atoms with Gasteiger partial charge in [0, 0.05) is 29.7 Å². The summed E-state index contributed by atoms with van der Waals surface area (Å²) in [6.07, 6.45) is 1.78. The number of nitrogens with zero attached hydrogens (tertiary/aromatic N) is 1. The van der Waals surface area contributed by atoms with Crippen LogP contribution in [0.2, 0.25) is 0 Å². The van der Waals surface area contributed by atoms with Gasteiger partial charge in [-0.2, -0.15) is 0 Å². The molecule has 17 heavy (non-hydrogen) atoms. The van der Waals surface area contributed by atoms with E-state index in [0.29, 0.717) is 5.88 Å². The monoisotopic (exact) mass is 230 g/mol. The molecule has 1 aromatic heterocycles. The van der Waals surface area contributed by atoms with Crippen molar-refractivity contribution < 1.29 is 4.74 Å². The third-order valence-electron chi connectivity index (χ3n) is 2.44. The Morgan fingerprint density at radius 3 is 2.53 bits per heavy atom. The Kier molecular flexibility index (Phi) is 2.92. The number of aromatic nitrogens is 1. The van der Waals surface area contributed by atoms with Crippen molar-refractivity contribution in [2.45, 2.75) is 26.4 Å². The van der Waals surface area contributed by atoms with Crippen LogP contribution in [0.1, 0.15) is 20.8 Å². The molecule has 1 heterocycles. The Bertz CT molecular complexity index is 529. The molecule has 2 rings (SSSR count). The summed E-state index contributed by atoms with van der Waals surface area (Å²) < 4.78 is 5.88. The topological polar surface area (TPSA) is 34.1 Å². The summed E-state index contributed by atoms with van der Waals surface area (Å²) in [5, 5.41) is 5.34. The number of anilines is 1. The zero-order valence-electron chi connectivity index (χ0n) is 10.7. The Morgan fingerprint density at radius 1 is 1.12 bits per heavy atom. The number of pyridine rings is 1. The van der Waals surface area contributed by atoms with Crippen LogP contribution in [-0.4, -0.2) is 17.6 Å². The molecule has 1 N–H and O–H groups in total. The molecule has 0 radical (unpaired) electrons. The number of benzene rings is 1. The molecule has 0 saturated carbocycles. The van der Waals surface area contributed by atoms with E-state index < -0.39 is 0 Å². The number of nitrogens with one attached hydrogen (secondary N) is 1. The Labute approximate surface area is 102 Å². The van der Waals surface area contributed by atoms with Crippen molar-refractivity contribution in [3.05, 3.63) is 30.5 Å². The van der Waals surface area contributed by atoms with E-state index in [1.807, 2.05) is 52.1 Å². The highest BCUT2D eigenvalue weighted by atomic mass is 16.5. The summed E-state index contributed by atoms with van der Waals surface area (Å²) in [5.74, 6) is 0.687. The average molecular weight is 230 g/mol. The van der Waals surface area contributed by atoms with Gasteiger partial charge in [0.15, 0.2) is 0 Å². The second kappa shape index (κ2) is 4.24. The van der Waals surface area contributed by atoms with Gasteiger partial charge in [-0.1, -0.05) is 6.07 Å². The molecule has 0 bridgehead atoms. The number of rotatable bonds is 2. The Hall–Kier alpha value is -1.77. The second-order valence-electron chi connectivity index (χ2n) is 4.98. The van der Waals surface area contributed by atoms with Gasteiger partial charge in [-0.3, -0.25) is 0 Å². The largest absolute Gasteiger partial charge is 0.471 e. The van der Waals surface area contributed by atoms with Gasteiger partial charge in [0.1, 0.15) is 5.60 Å². The van der Waals surface area contributed by atoms with Gasteiger partial charge < -0.3 is 10.1 Å². The second-order valence-corrected chi connectivity index (χ2v) is 4.98. The molecule has 1 aromatic carbocycles.